The van der Waals surface area contributed by atoms with E-state index in [0.717, 1.165) is 21.3 Å². The van der Waals surface area contributed by atoms with Crippen LogP contribution in [0.2, 0.25) is 0 Å². The molecule has 7 nitrogen and oxygen atoms in total. The Bertz CT molecular complexity index is 1210. The van der Waals surface area contributed by atoms with Crippen molar-refractivity contribution >= 4 is 38.3 Å². The molecular weight excluding hydrogens is 412 g/mol. The zero-order valence-electron chi connectivity index (χ0n) is 17.1. The van der Waals surface area contributed by atoms with Gasteiger partial charge >= 0.3 is 0 Å². The van der Waals surface area contributed by atoms with E-state index in [1.165, 1.54) is 29.0 Å². The number of pyridine rings is 1. The van der Waals surface area contributed by atoms with Crippen LogP contribution in [0.5, 0.6) is 0 Å². The summed E-state index contributed by atoms with van der Waals surface area (Å²) >= 11 is 1.48. The minimum absolute atomic E-state index is 0.000303. The van der Waals surface area contributed by atoms with E-state index in [9.17, 15) is 14.9 Å². The van der Waals surface area contributed by atoms with E-state index >= 15 is 0 Å². The summed E-state index contributed by atoms with van der Waals surface area (Å²) in [7, 11) is 0. The molecule has 0 aliphatic carbocycles. The molecule has 2 aromatic carbocycles. The van der Waals surface area contributed by atoms with Crippen LogP contribution in [0.4, 0.5) is 10.8 Å². The van der Waals surface area contributed by atoms with Gasteiger partial charge in [-0.05, 0) is 54.3 Å². The maximum absolute atomic E-state index is 13.3. The first-order chi connectivity index (χ1) is 14.9. The highest BCUT2D eigenvalue weighted by Gasteiger charge is 2.21. The number of nitro benzene ring substituents is 1. The van der Waals surface area contributed by atoms with Crippen molar-refractivity contribution in [2.24, 2.45) is 0 Å². The smallest absolute Gasteiger partial charge is 0.269 e. The average molecular weight is 433 g/mol. The van der Waals surface area contributed by atoms with Crippen molar-refractivity contribution in [2.45, 2.75) is 26.8 Å². The van der Waals surface area contributed by atoms with Crippen LogP contribution in [-0.4, -0.2) is 20.8 Å². The molecule has 0 spiro atoms. The van der Waals surface area contributed by atoms with Crippen LogP contribution in [0, 0.1) is 24.0 Å². The first-order valence-corrected chi connectivity index (χ1v) is 10.5. The number of non-ortho nitro benzene ring substituents is 1. The zero-order chi connectivity index (χ0) is 22.0. The molecule has 1 amide bonds. The van der Waals surface area contributed by atoms with Crippen molar-refractivity contribution in [3.05, 3.63) is 93.3 Å². The lowest BCUT2D eigenvalue weighted by Crippen LogP contribution is -2.31. The fourth-order valence-electron chi connectivity index (χ4n) is 3.23. The third-order valence-electron chi connectivity index (χ3n) is 5.09. The number of thiazole rings is 1. The van der Waals surface area contributed by atoms with Crippen molar-refractivity contribution in [1.82, 2.24) is 9.97 Å². The molecule has 0 radical (unpaired) electrons. The second-order valence-electron chi connectivity index (χ2n) is 7.34. The predicted molar refractivity (Wildman–Crippen MR) is 121 cm³/mol. The quantitative estimate of drug-likeness (QED) is 0.316. The number of hydrogen-bond acceptors (Lipinski definition) is 6. The van der Waals surface area contributed by atoms with Crippen molar-refractivity contribution < 1.29 is 9.72 Å². The summed E-state index contributed by atoms with van der Waals surface area (Å²) in [6.45, 7) is 4.44. The molecule has 31 heavy (non-hydrogen) atoms. The summed E-state index contributed by atoms with van der Waals surface area (Å²) in [5.41, 5.74) is 4.80. The Morgan fingerprint density at radius 2 is 1.84 bits per heavy atom. The molecule has 0 bridgehead atoms. The first-order valence-electron chi connectivity index (χ1n) is 9.71. The van der Waals surface area contributed by atoms with Crippen LogP contribution in [0.25, 0.3) is 10.2 Å². The fourth-order valence-corrected chi connectivity index (χ4v) is 4.29. The molecule has 4 rings (SSSR count). The Labute approximate surface area is 183 Å². The van der Waals surface area contributed by atoms with E-state index in [-0.39, 0.29) is 18.0 Å². The average Bonchev–Trinajstić information content (AvgIpc) is 3.15. The van der Waals surface area contributed by atoms with Crippen molar-refractivity contribution in [3.63, 3.8) is 0 Å². The minimum Gasteiger partial charge on any atom is -0.283 e. The van der Waals surface area contributed by atoms with Crippen molar-refractivity contribution in [3.8, 4) is 0 Å². The number of aromatic nitrogens is 2. The van der Waals surface area contributed by atoms with Gasteiger partial charge in [0.2, 0.25) is 5.91 Å². The monoisotopic (exact) mass is 432 g/mol. The molecule has 8 heteroatoms. The standard InChI is InChI=1S/C23H20N4O3S/c1-15-10-20-21(11-16(15)2)31-23(25-20)26(14-18-4-3-9-24-13-18)22(28)12-17-5-7-19(8-6-17)27(29)30/h3-11,13H,12,14H2,1-2H3. The van der Waals surface area contributed by atoms with Crippen LogP contribution < -0.4 is 4.90 Å². The summed E-state index contributed by atoms with van der Waals surface area (Å²) in [6.07, 6.45) is 3.54. The Morgan fingerprint density at radius 1 is 1.10 bits per heavy atom. The maximum Gasteiger partial charge on any atom is 0.269 e. The highest BCUT2D eigenvalue weighted by Crippen LogP contribution is 2.32. The van der Waals surface area contributed by atoms with Crippen LogP contribution >= 0.6 is 11.3 Å². The third kappa shape index (κ3) is 4.59. The number of amides is 1. The number of rotatable bonds is 6. The number of benzene rings is 2. The molecule has 4 aromatic rings. The predicted octanol–water partition coefficient (Wildman–Crippen LogP) is 4.99. The molecule has 0 unspecified atom stereocenters. The van der Waals surface area contributed by atoms with Gasteiger partial charge in [0.15, 0.2) is 5.13 Å². The lowest BCUT2D eigenvalue weighted by Gasteiger charge is -2.20. The second kappa shape index (κ2) is 8.61. The Hall–Kier alpha value is -3.65. The molecule has 0 saturated heterocycles. The van der Waals surface area contributed by atoms with E-state index in [1.807, 2.05) is 25.1 Å². The van der Waals surface area contributed by atoms with Gasteiger partial charge < -0.3 is 0 Å². The molecule has 0 aliphatic rings. The van der Waals surface area contributed by atoms with Gasteiger partial charge in [-0.1, -0.05) is 29.5 Å². The number of aryl methyl sites for hydroxylation is 2. The molecular formula is C23H20N4O3S. The zero-order valence-corrected chi connectivity index (χ0v) is 17.9. The number of hydrogen-bond donors (Lipinski definition) is 0. The van der Waals surface area contributed by atoms with E-state index in [0.29, 0.717) is 17.2 Å². The molecule has 0 fully saturated rings. The van der Waals surface area contributed by atoms with E-state index in [1.54, 1.807) is 29.4 Å². The van der Waals surface area contributed by atoms with Gasteiger partial charge in [-0.15, -0.1) is 0 Å². The maximum atomic E-state index is 13.3. The first kappa shape index (κ1) is 20.6. The largest absolute Gasteiger partial charge is 0.283 e. The molecule has 0 atom stereocenters. The molecule has 0 aliphatic heterocycles. The van der Waals surface area contributed by atoms with Crippen molar-refractivity contribution in [1.29, 1.82) is 0 Å². The fraction of sp³-hybridized carbons (Fsp3) is 0.174. The third-order valence-corrected chi connectivity index (χ3v) is 6.13. The number of carbonyl (C=O) groups is 1. The van der Waals surface area contributed by atoms with Gasteiger partial charge in [0.25, 0.3) is 5.69 Å². The van der Waals surface area contributed by atoms with Gasteiger partial charge in [0.1, 0.15) is 0 Å². The summed E-state index contributed by atoms with van der Waals surface area (Å²) in [5.74, 6) is -0.134. The van der Waals surface area contributed by atoms with Gasteiger partial charge in [-0.3, -0.25) is 24.8 Å². The Balaban J connectivity index is 1.66. The lowest BCUT2D eigenvalue weighted by atomic mass is 10.1. The van der Waals surface area contributed by atoms with Gasteiger partial charge in [0, 0.05) is 24.5 Å². The molecule has 2 heterocycles. The van der Waals surface area contributed by atoms with Crippen LogP contribution in [-0.2, 0) is 17.8 Å². The summed E-state index contributed by atoms with van der Waals surface area (Å²) in [5, 5.41) is 11.5. The topological polar surface area (TPSA) is 89.2 Å². The normalized spacial score (nSPS) is 10.9. The lowest BCUT2D eigenvalue weighted by molar-refractivity contribution is -0.384. The highest BCUT2D eigenvalue weighted by atomic mass is 32.1. The summed E-state index contributed by atoms with van der Waals surface area (Å²) in [4.78, 5) is 34.2. The number of nitro groups is 1. The molecule has 2 aromatic heterocycles. The van der Waals surface area contributed by atoms with E-state index < -0.39 is 4.92 Å². The second-order valence-corrected chi connectivity index (χ2v) is 8.35. The number of fused-ring (bicyclic) bond motifs is 1. The Morgan fingerprint density at radius 3 is 2.52 bits per heavy atom. The number of carbonyl (C=O) groups excluding carboxylic acids is 1. The van der Waals surface area contributed by atoms with Crippen molar-refractivity contribution in [2.75, 3.05) is 4.90 Å². The number of nitrogens with zero attached hydrogens (tertiary/aromatic N) is 4. The van der Waals surface area contributed by atoms with E-state index in [2.05, 4.69) is 18.0 Å². The van der Waals surface area contributed by atoms with Gasteiger partial charge in [-0.25, -0.2) is 4.98 Å². The summed E-state index contributed by atoms with van der Waals surface area (Å²) in [6, 6.07) is 13.9. The van der Waals surface area contributed by atoms with E-state index in [4.69, 9.17) is 4.98 Å². The van der Waals surface area contributed by atoms with Crippen LogP contribution in [0.1, 0.15) is 22.3 Å². The number of anilines is 1. The van der Waals surface area contributed by atoms with Gasteiger partial charge in [-0.2, -0.15) is 0 Å². The molecule has 0 N–H and O–H groups in total. The minimum atomic E-state index is -0.453. The molecule has 156 valence electrons. The summed E-state index contributed by atoms with van der Waals surface area (Å²) < 4.78 is 1.03. The molecule has 0 saturated carbocycles. The van der Waals surface area contributed by atoms with Crippen LogP contribution in [0.3, 0.4) is 0 Å². The SMILES string of the molecule is Cc1cc2nc(N(Cc3cccnc3)C(=O)Cc3ccc([N+](=O)[O-])cc3)sc2cc1C. The highest BCUT2D eigenvalue weighted by molar-refractivity contribution is 7.22. The van der Waals surface area contributed by atoms with Gasteiger partial charge in [0.05, 0.1) is 28.1 Å². The Kier molecular flexibility index (Phi) is 5.73. The van der Waals surface area contributed by atoms with Crippen LogP contribution in [0.15, 0.2) is 60.9 Å².